The summed E-state index contributed by atoms with van der Waals surface area (Å²) in [6.07, 6.45) is -10.5. The van der Waals surface area contributed by atoms with Crippen molar-refractivity contribution < 1.29 is 35.9 Å². The van der Waals surface area contributed by atoms with Gasteiger partial charge in [-0.15, -0.1) is 11.3 Å². The first-order valence-electron chi connectivity index (χ1n) is 7.55. The number of hydrogen-bond donors (Lipinski definition) is 3. The molecule has 1 aromatic carbocycles. The minimum Gasteiger partial charge on any atom is -0.352 e. The number of thiophene rings is 1. The van der Waals surface area contributed by atoms with Gasteiger partial charge in [-0.1, -0.05) is 6.07 Å². The van der Waals surface area contributed by atoms with Crippen LogP contribution in [0.15, 0.2) is 35.7 Å². The van der Waals surface area contributed by atoms with Crippen LogP contribution < -0.4 is 16.4 Å². The highest BCUT2D eigenvalue weighted by molar-refractivity contribution is 7.10. The highest BCUT2D eigenvalue weighted by Crippen LogP contribution is 2.37. The number of hydrogen-bond acceptors (Lipinski definition) is 3. The summed E-state index contributed by atoms with van der Waals surface area (Å²) in [7, 11) is 0. The summed E-state index contributed by atoms with van der Waals surface area (Å²) in [5.74, 6) is -0.903. The molecule has 0 saturated heterocycles. The van der Waals surface area contributed by atoms with Crippen molar-refractivity contribution >= 4 is 29.0 Å². The smallest absolute Gasteiger partial charge is 0.352 e. The molecule has 0 aliphatic heterocycles. The van der Waals surface area contributed by atoms with E-state index in [1.165, 1.54) is 11.3 Å². The largest absolute Gasteiger partial charge is 0.416 e. The van der Waals surface area contributed by atoms with Crippen molar-refractivity contribution in [2.45, 2.75) is 24.8 Å². The van der Waals surface area contributed by atoms with E-state index in [2.05, 4.69) is 5.32 Å². The van der Waals surface area contributed by atoms with Gasteiger partial charge in [-0.05, 0) is 29.6 Å². The van der Waals surface area contributed by atoms with Gasteiger partial charge in [0.2, 0.25) is 5.91 Å². The van der Waals surface area contributed by atoms with Gasteiger partial charge in [0.05, 0.1) is 23.6 Å². The molecular weight excluding hydrogens is 412 g/mol. The van der Waals surface area contributed by atoms with Crippen LogP contribution in [0.25, 0.3) is 0 Å². The van der Waals surface area contributed by atoms with Crippen LogP contribution in [0.5, 0.6) is 0 Å². The van der Waals surface area contributed by atoms with Crippen molar-refractivity contribution in [3.63, 3.8) is 0 Å². The second-order valence-corrected chi connectivity index (χ2v) is 6.60. The fourth-order valence-corrected chi connectivity index (χ4v) is 3.09. The lowest BCUT2D eigenvalue weighted by Gasteiger charge is -2.17. The SMILES string of the molecule is NC(=O)NC(CC(=O)Nc1cc(C(F)(F)F)cc(C(F)(F)F)c1)c1cccs1. The summed E-state index contributed by atoms with van der Waals surface area (Å²) in [6.45, 7) is 0. The Labute approximate surface area is 158 Å². The molecule has 28 heavy (non-hydrogen) atoms. The van der Waals surface area contributed by atoms with Crippen molar-refractivity contribution in [2.75, 3.05) is 5.32 Å². The van der Waals surface area contributed by atoms with Crippen LogP contribution in [0.1, 0.15) is 28.5 Å². The van der Waals surface area contributed by atoms with Gasteiger partial charge in [0.1, 0.15) is 0 Å². The lowest BCUT2D eigenvalue weighted by molar-refractivity contribution is -0.143. The molecule has 2 rings (SSSR count). The van der Waals surface area contributed by atoms with Crippen LogP contribution in [0.2, 0.25) is 0 Å². The molecule has 1 unspecified atom stereocenters. The van der Waals surface area contributed by atoms with Crippen molar-refractivity contribution in [3.05, 3.63) is 51.7 Å². The van der Waals surface area contributed by atoms with Gasteiger partial charge in [0.25, 0.3) is 0 Å². The number of nitrogens with one attached hydrogen (secondary N) is 2. The zero-order chi connectivity index (χ0) is 21.1. The zero-order valence-electron chi connectivity index (χ0n) is 13.8. The average molecular weight is 425 g/mol. The lowest BCUT2D eigenvalue weighted by atomic mass is 10.1. The van der Waals surface area contributed by atoms with E-state index in [0.29, 0.717) is 17.0 Å². The van der Waals surface area contributed by atoms with Gasteiger partial charge in [-0.2, -0.15) is 26.3 Å². The fourth-order valence-electron chi connectivity index (χ4n) is 2.31. The van der Waals surface area contributed by atoms with E-state index in [0.717, 1.165) is 0 Å². The molecule has 0 fully saturated rings. The third-order valence-electron chi connectivity index (χ3n) is 3.46. The van der Waals surface area contributed by atoms with Gasteiger partial charge in [-0.3, -0.25) is 4.79 Å². The number of carbonyl (C=O) groups excluding carboxylic acids is 2. The number of anilines is 1. The second kappa shape index (κ2) is 8.09. The Balaban J connectivity index is 2.25. The minimum absolute atomic E-state index is 0.0429. The molecule has 4 N–H and O–H groups in total. The summed E-state index contributed by atoms with van der Waals surface area (Å²) in [6, 6.07) is 2.15. The third-order valence-corrected chi connectivity index (χ3v) is 4.45. The van der Waals surface area contributed by atoms with Crippen LogP contribution in [0.3, 0.4) is 0 Å². The number of urea groups is 1. The molecule has 0 aliphatic carbocycles. The van der Waals surface area contributed by atoms with Gasteiger partial charge >= 0.3 is 18.4 Å². The summed E-state index contributed by atoms with van der Waals surface area (Å²) in [5, 5.41) is 5.96. The number of alkyl halides is 6. The van der Waals surface area contributed by atoms with E-state index >= 15 is 0 Å². The van der Waals surface area contributed by atoms with Crippen molar-refractivity contribution in [1.29, 1.82) is 0 Å². The van der Waals surface area contributed by atoms with E-state index in [4.69, 9.17) is 5.73 Å². The molecule has 0 aliphatic rings. The van der Waals surface area contributed by atoms with E-state index in [9.17, 15) is 35.9 Å². The van der Waals surface area contributed by atoms with Crippen molar-refractivity contribution in [3.8, 4) is 0 Å². The first-order chi connectivity index (χ1) is 12.9. The Bertz CT molecular complexity index is 817. The normalized spacial score (nSPS) is 13.1. The fraction of sp³-hybridized carbons (Fsp3) is 0.250. The first kappa shape index (κ1) is 21.5. The molecule has 1 heterocycles. The maximum Gasteiger partial charge on any atom is 0.416 e. The van der Waals surface area contributed by atoms with E-state index in [1.54, 1.807) is 17.5 Å². The maximum atomic E-state index is 12.9. The number of nitrogens with two attached hydrogens (primary N) is 1. The summed E-state index contributed by atoms with van der Waals surface area (Å²) in [4.78, 5) is 23.8. The molecule has 0 radical (unpaired) electrons. The van der Waals surface area contributed by atoms with Crippen molar-refractivity contribution in [1.82, 2.24) is 5.32 Å². The Hall–Kier alpha value is -2.76. The summed E-state index contributed by atoms with van der Waals surface area (Å²) in [5.41, 5.74) is 1.26. The van der Waals surface area contributed by atoms with Gasteiger partial charge < -0.3 is 16.4 Å². The van der Waals surface area contributed by atoms with Crippen LogP contribution in [-0.4, -0.2) is 11.9 Å². The number of carbonyl (C=O) groups is 2. The van der Waals surface area contributed by atoms with E-state index in [-0.39, 0.29) is 6.07 Å². The molecule has 3 amide bonds. The third kappa shape index (κ3) is 5.87. The Morgan fingerprint density at radius 2 is 1.61 bits per heavy atom. The molecular formula is C16H13F6N3O2S. The molecule has 12 heteroatoms. The van der Waals surface area contributed by atoms with Gasteiger partial charge in [0.15, 0.2) is 0 Å². The zero-order valence-corrected chi connectivity index (χ0v) is 14.6. The van der Waals surface area contributed by atoms with Crippen LogP contribution in [0, 0.1) is 0 Å². The number of benzene rings is 1. The Kier molecular flexibility index (Phi) is 6.22. The van der Waals surface area contributed by atoms with Crippen LogP contribution >= 0.6 is 11.3 Å². The number of primary amides is 1. The average Bonchev–Trinajstić information content (AvgIpc) is 3.06. The molecule has 152 valence electrons. The lowest BCUT2D eigenvalue weighted by Crippen LogP contribution is -2.34. The Morgan fingerprint density at radius 3 is 2.04 bits per heavy atom. The monoisotopic (exact) mass is 425 g/mol. The highest BCUT2D eigenvalue weighted by Gasteiger charge is 2.37. The van der Waals surface area contributed by atoms with Gasteiger partial charge in [0, 0.05) is 10.6 Å². The second-order valence-electron chi connectivity index (χ2n) is 5.62. The maximum absolute atomic E-state index is 12.9. The molecule has 1 atom stereocenters. The molecule has 0 spiro atoms. The highest BCUT2D eigenvalue weighted by atomic mass is 32.1. The Morgan fingerprint density at radius 1 is 1.04 bits per heavy atom. The standard InChI is InChI=1S/C16H13F6N3O2S/c17-15(18,19)8-4-9(16(20,21)22)6-10(5-8)24-13(26)7-11(25-14(23)27)12-2-1-3-28-12/h1-6,11H,7H2,(H,24,26)(H3,23,25,27). The van der Waals surface area contributed by atoms with Crippen molar-refractivity contribution in [2.24, 2.45) is 5.73 Å². The van der Waals surface area contributed by atoms with Crippen LogP contribution in [-0.2, 0) is 17.1 Å². The molecule has 1 aromatic heterocycles. The van der Waals surface area contributed by atoms with Crippen LogP contribution in [0.4, 0.5) is 36.8 Å². The minimum atomic E-state index is -5.03. The molecule has 5 nitrogen and oxygen atoms in total. The quantitative estimate of drug-likeness (QED) is 0.616. The molecule has 2 aromatic rings. The first-order valence-corrected chi connectivity index (χ1v) is 8.43. The topological polar surface area (TPSA) is 84.2 Å². The summed E-state index contributed by atoms with van der Waals surface area (Å²) < 4.78 is 77.2. The molecule has 0 bridgehead atoms. The predicted octanol–water partition coefficient (Wildman–Crippen LogP) is 4.52. The number of amides is 3. The van der Waals surface area contributed by atoms with E-state index < -0.39 is 53.6 Å². The van der Waals surface area contributed by atoms with Gasteiger partial charge in [-0.25, -0.2) is 4.79 Å². The van der Waals surface area contributed by atoms with E-state index in [1.807, 2.05) is 5.32 Å². The number of halogens is 6. The summed E-state index contributed by atoms with van der Waals surface area (Å²) >= 11 is 1.19. The molecule has 0 saturated carbocycles. The number of rotatable bonds is 5. The predicted molar refractivity (Wildman–Crippen MR) is 89.5 cm³/mol.